The number of hydrogen-bond acceptors (Lipinski definition) is 4. The zero-order valence-corrected chi connectivity index (χ0v) is 13.8. The predicted molar refractivity (Wildman–Crippen MR) is 81.4 cm³/mol. The minimum atomic E-state index is -2.92. The lowest BCUT2D eigenvalue weighted by Gasteiger charge is -2.17. The third kappa shape index (κ3) is 5.93. The molecule has 0 heterocycles. The van der Waals surface area contributed by atoms with Crippen LogP contribution in [0.15, 0.2) is 22.7 Å². The van der Waals surface area contributed by atoms with Crippen molar-refractivity contribution in [3.05, 3.63) is 28.2 Å². The maximum Gasteiger partial charge on any atom is 0.147 e. The topological polar surface area (TPSA) is 55.4 Å². The van der Waals surface area contributed by atoms with Crippen molar-refractivity contribution in [3.8, 4) is 5.75 Å². The second kappa shape index (κ2) is 7.26. The Bertz CT molecular complexity index is 517. The van der Waals surface area contributed by atoms with E-state index in [-0.39, 0.29) is 11.8 Å². The van der Waals surface area contributed by atoms with Gasteiger partial charge in [-0.05, 0) is 38.6 Å². The van der Waals surface area contributed by atoms with Gasteiger partial charge in [0.05, 0.1) is 12.4 Å². The molecule has 0 aliphatic rings. The summed E-state index contributed by atoms with van der Waals surface area (Å²) in [5.41, 5.74) is 1.05. The molecule has 108 valence electrons. The Labute approximate surface area is 123 Å². The van der Waals surface area contributed by atoms with E-state index in [0.29, 0.717) is 13.0 Å². The lowest BCUT2D eigenvalue weighted by Crippen LogP contribution is -2.14. The van der Waals surface area contributed by atoms with Gasteiger partial charge in [0, 0.05) is 22.3 Å². The summed E-state index contributed by atoms with van der Waals surface area (Å²) in [7, 11) is -1.03. The molecule has 0 radical (unpaired) electrons. The van der Waals surface area contributed by atoms with E-state index in [1.807, 2.05) is 32.2 Å². The standard InChI is InChI=1S/C13H20BrNO3S/c1-10(15-2)12-9-11(14)5-6-13(12)18-7-4-8-19(3,16)17/h5-6,9-10,15H,4,7-8H2,1-3H3. The van der Waals surface area contributed by atoms with Crippen molar-refractivity contribution in [1.29, 1.82) is 0 Å². The molecule has 1 rings (SSSR count). The first kappa shape index (κ1) is 16.5. The van der Waals surface area contributed by atoms with Crippen LogP contribution < -0.4 is 10.1 Å². The maximum absolute atomic E-state index is 11.0. The van der Waals surface area contributed by atoms with Crippen LogP contribution in [0.4, 0.5) is 0 Å². The van der Waals surface area contributed by atoms with Gasteiger partial charge in [-0.15, -0.1) is 0 Å². The Hall–Kier alpha value is -0.590. The van der Waals surface area contributed by atoms with Crippen LogP contribution in [0.25, 0.3) is 0 Å². The molecule has 0 aliphatic heterocycles. The molecule has 0 bridgehead atoms. The third-order valence-corrected chi connectivity index (χ3v) is 4.31. The molecule has 6 heteroatoms. The molecule has 0 amide bonds. The number of nitrogens with one attached hydrogen (secondary N) is 1. The second-order valence-electron chi connectivity index (χ2n) is 4.52. The summed E-state index contributed by atoms with van der Waals surface area (Å²) >= 11 is 3.44. The van der Waals surface area contributed by atoms with Crippen LogP contribution in [0, 0.1) is 0 Å². The summed E-state index contributed by atoms with van der Waals surface area (Å²) in [4.78, 5) is 0. The Morgan fingerprint density at radius 1 is 1.42 bits per heavy atom. The molecule has 4 nitrogen and oxygen atoms in total. The molecular weight excluding hydrogens is 330 g/mol. The zero-order valence-electron chi connectivity index (χ0n) is 11.4. The van der Waals surface area contributed by atoms with Crippen LogP contribution in [-0.2, 0) is 9.84 Å². The molecular formula is C13H20BrNO3S. The fraction of sp³-hybridized carbons (Fsp3) is 0.538. The van der Waals surface area contributed by atoms with E-state index < -0.39 is 9.84 Å². The molecule has 1 unspecified atom stereocenters. The number of ether oxygens (including phenoxy) is 1. The molecule has 0 spiro atoms. The number of halogens is 1. The number of benzene rings is 1. The zero-order chi connectivity index (χ0) is 14.5. The molecule has 0 aromatic heterocycles. The predicted octanol–water partition coefficient (Wildman–Crippen LogP) is 2.54. The number of rotatable bonds is 7. The van der Waals surface area contributed by atoms with E-state index in [2.05, 4.69) is 21.2 Å². The lowest BCUT2D eigenvalue weighted by atomic mass is 10.1. The summed E-state index contributed by atoms with van der Waals surface area (Å²) in [5, 5.41) is 3.17. The number of hydrogen-bond donors (Lipinski definition) is 1. The Morgan fingerprint density at radius 2 is 2.11 bits per heavy atom. The fourth-order valence-corrected chi connectivity index (χ4v) is 2.67. The molecule has 1 aromatic carbocycles. The summed E-state index contributed by atoms with van der Waals surface area (Å²) in [6.07, 6.45) is 1.74. The summed E-state index contributed by atoms with van der Waals surface area (Å²) < 4.78 is 28.8. The summed E-state index contributed by atoms with van der Waals surface area (Å²) in [6.45, 7) is 2.45. The maximum atomic E-state index is 11.0. The first-order chi connectivity index (χ1) is 8.83. The molecule has 0 fully saturated rings. The molecule has 19 heavy (non-hydrogen) atoms. The van der Waals surface area contributed by atoms with Crippen molar-refractivity contribution in [2.75, 3.05) is 25.7 Å². The van der Waals surface area contributed by atoms with Crippen LogP contribution >= 0.6 is 15.9 Å². The average Bonchev–Trinajstić information content (AvgIpc) is 2.33. The van der Waals surface area contributed by atoms with Crippen molar-refractivity contribution in [2.45, 2.75) is 19.4 Å². The van der Waals surface area contributed by atoms with Gasteiger partial charge in [-0.1, -0.05) is 15.9 Å². The lowest BCUT2D eigenvalue weighted by molar-refractivity contribution is 0.311. The van der Waals surface area contributed by atoms with Gasteiger partial charge >= 0.3 is 0 Å². The smallest absolute Gasteiger partial charge is 0.147 e. The van der Waals surface area contributed by atoms with E-state index in [4.69, 9.17) is 4.74 Å². The van der Waals surface area contributed by atoms with Crippen molar-refractivity contribution in [2.24, 2.45) is 0 Å². The normalized spacial score (nSPS) is 13.3. The van der Waals surface area contributed by atoms with E-state index in [1.54, 1.807) is 0 Å². The van der Waals surface area contributed by atoms with E-state index >= 15 is 0 Å². The monoisotopic (exact) mass is 349 g/mol. The Kier molecular flexibility index (Phi) is 6.29. The van der Waals surface area contributed by atoms with Crippen molar-refractivity contribution in [3.63, 3.8) is 0 Å². The van der Waals surface area contributed by atoms with E-state index in [1.165, 1.54) is 6.26 Å². The molecule has 1 atom stereocenters. The number of sulfone groups is 1. The largest absolute Gasteiger partial charge is 0.493 e. The van der Waals surface area contributed by atoms with Gasteiger partial charge in [0.15, 0.2) is 0 Å². The van der Waals surface area contributed by atoms with Gasteiger partial charge < -0.3 is 10.1 Å². The molecule has 1 N–H and O–H groups in total. The first-order valence-electron chi connectivity index (χ1n) is 6.10. The summed E-state index contributed by atoms with van der Waals surface area (Å²) in [5.74, 6) is 0.944. The highest BCUT2D eigenvalue weighted by Gasteiger charge is 2.11. The Morgan fingerprint density at radius 3 is 2.68 bits per heavy atom. The van der Waals surface area contributed by atoms with Crippen molar-refractivity contribution >= 4 is 25.8 Å². The van der Waals surface area contributed by atoms with Crippen LogP contribution in [0.1, 0.15) is 24.9 Å². The molecule has 0 aliphatic carbocycles. The van der Waals surface area contributed by atoms with Crippen LogP contribution in [0.3, 0.4) is 0 Å². The quantitative estimate of drug-likeness (QED) is 0.768. The van der Waals surface area contributed by atoms with E-state index in [9.17, 15) is 8.42 Å². The van der Waals surface area contributed by atoms with Crippen molar-refractivity contribution < 1.29 is 13.2 Å². The van der Waals surface area contributed by atoms with Crippen molar-refractivity contribution in [1.82, 2.24) is 5.32 Å². The van der Waals surface area contributed by atoms with Gasteiger partial charge in [0.2, 0.25) is 0 Å². The van der Waals surface area contributed by atoms with Crippen LogP contribution in [0.2, 0.25) is 0 Å². The van der Waals surface area contributed by atoms with Gasteiger partial charge in [-0.25, -0.2) is 8.42 Å². The highest BCUT2D eigenvalue weighted by atomic mass is 79.9. The molecule has 1 aromatic rings. The first-order valence-corrected chi connectivity index (χ1v) is 8.96. The highest BCUT2D eigenvalue weighted by Crippen LogP contribution is 2.28. The fourth-order valence-electron chi connectivity index (χ4n) is 1.65. The third-order valence-electron chi connectivity index (χ3n) is 2.79. The Balaban J connectivity index is 2.67. The minimum absolute atomic E-state index is 0.153. The van der Waals surface area contributed by atoms with Gasteiger partial charge in [-0.3, -0.25) is 0 Å². The average molecular weight is 350 g/mol. The second-order valence-corrected chi connectivity index (χ2v) is 7.70. The van der Waals surface area contributed by atoms with Gasteiger partial charge in [0.25, 0.3) is 0 Å². The summed E-state index contributed by atoms with van der Waals surface area (Å²) in [6, 6.07) is 5.99. The molecule has 0 saturated carbocycles. The van der Waals surface area contributed by atoms with Crippen LogP contribution in [0.5, 0.6) is 5.75 Å². The highest BCUT2D eigenvalue weighted by molar-refractivity contribution is 9.10. The van der Waals surface area contributed by atoms with E-state index in [0.717, 1.165) is 15.8 Å². The van der Waals surface area contributed by atoms with Gasteiger partial charge in [0.1, 0.15) is 15.6 Å². The minimum Gasteiger partial charge on any atom is -0.493 e. The SMILES string of the molecule is CNC(C)c1cc(Br)ccc1OCCCS(C)(=O)=O. The van der Waals surface area contributed by atoms with Crippen LogP contribution in [-0.4, -0.2) is 34.1 Å². The molecule has 0 saturated heterocycles. The van der Waals surface area contributed by atoms with Gasteiger partial charge in [-0.2, -0.15) is 0 Å².